The van der Waals surface area contributed by atoms with E-state index in [1.54, 1.807) is 34.1 Å². The molecule has 0 heterocycles. The summed E-state index contributed by atoms with van der Waals surface area (Å²) in [4.78, 5) is 3.19. The van der Waals surface area contributed by atoms with Crippen LogP contribution in [0, 0.1) is 53.2 Å². The van der Waals surface area contributed by atoms with Crippen molar-refractivity contribution in [2.45, 2.75) is 41.5 Å². The predicted molar refractivity (Wildman–Crippen MR) is 310 cm³/mol. The number of nitrogens with zero attached hydrogens (tertiary/aromatic N) is 2. The molecule has 12 rings (SSSR count). The molecule has 4 heteroatoms. The Morgan fingerprint density at radius 2 is 0.635 bits per heavy atom. The van der Waals surface area contributed by atoms with Gasteiger partial charge in [-0.3, -0.25) is 0 Å². The van der Waals surface area contributed by atoms with Crippen LogP contribution in [0.2, 0.25) is 0 Å². The van der Waals surface area contributed by atoms with Crippen molar-refractivity contribution in [1.82, 2.24) is 0 Å². The lowest BCUT2D eigenvalue weighted by Crippen LogP contribution is -2.17. The van der Waals surface area contributed by atoms with Crippen molar-refractivity contribution in [3.63, 3.8) is 0 Å². The molecule has 0 radical (unpaired) electrons. The normalized spacial score (nSPS) is 15.3. The molecule has 0 aliphatic heterocycles. The Bertz CT molecular complexity index is 4850. The monoisotopic (exact) mass is 981 g/mol. The first-order valence-electron chi connectivity index (χ1n) is 33.7. The lowest BCUT2D eigenvalue weighted by atomic mass is 9.90. The minimum absolute atomic E-state index is 0.251. The Morgan fingerprint density at radius 3 is 0.973 bits per heavy atom. The topological polar surface area (TPSA) is 6.48 Å². The van der Waals surface area contributed by atoms with Gasteiger partial charge in [0.15, 0.2) is 0 Å². The lowest BCUT2D eigenvalue weighted by Gasteiger charge is -2.34. The van der Waals surface area contributed by atoms with Crippen molar-refractivity contribution in [3.8, 4) is 44.5 Å². The molecule has 358 valence electrons. The molecule has 0 aromatic heterocycles. The molecule has 0 unspecified atom stereocenters. The number of aryl methyl sites for hydroxylation is 6. The van der Waals surface area contributed by atoms with Gasteiger partial charge in [-0.15, -0.1) is 0 Å². The molecule has 0 amide bonds. The molecule has 0 saturated carbocycles. The standard InChI is InChI=1S/C70H54F2N2/c1-43-35-45(3)67(46(4)36-43)73(69-59(51-23-15-9-16-24-51)39-55(41-61(69)71)49-19-11-7-12-20-49)63-33-29-53-28-32-58-64(34-30-54-27-31-57(63)65(53)66(54)58)74(68-47(5)37-44(2)38-48(68)6)70-60(52-25-17-10-18-26-52)40-56(42-62(70)72)50-21-13-8-14-22-50/h7-42H,1-6H3/i7D,8D,9D,10D,11D,12D,13D,14D,15D,16D,17D,18D,19D,20D,21D,22D,23D,24D,25D,26D. The van der Waals surface area contributed by atoms with Gasteiger partial charge in [0.2, 0.25) is 0 Å². The molecule has 0 fully saturated rings. The molecular weight excluding hydrogens is 907 g/mol. The zero-order valence-corrected chi connectivity index (χ0v) is 40.9. The van der Waals surface area contributed by atoms with E-state index in [2.05, 4.69) is 0 Å². The average molecular weight is 981 g/mol. The quantitative estimate of drug-likeness (QED) is 0.126. The van der Waals surface area contributed by atoms with Crippen LogP contribution in [0.4, 0.5) is 42.9 Å². The largest absolute Gasteiger partial charge is 0.306 e. The predicted octanol–water partition coefficient (Wildman–Crippen LogP) is 20.3. The minimum atomic E-state index is -1.08. The second kappa shape index (κ2) is 18.6. The summed E-state index contributed by atoms with van der Waals surface area (Å²) in [5.41, 5.74) is 2.04. The van der Waals surface area contributed by atoms with Gasteiger partial charge in [0, 0.05) is 21.9 Å². The fourth-order valence-corrected chi connectivity index (χ4v) is 10.8. The van der Waals surface area contributed by atoms with Crippen LogP contribution >= 0.6 is 0 Å². The molecule has 12 aromatic carbocycles. The summed E-state index contributed by atoms with van der Waals surface area (Å²) in [5, 5.41) is 3.38. The number of hydrogen-bond acceptors (Lipinski definition) is 2. The van der Waals surface area contributed by atoms with E-state index in [1.807, 2.05) is 90.1 Å². The van der Waals surface area contributed by atoms with Crippen LogP contribution in [0.25, 0.3) is 76.8 Å². The number of benzene rings is 12. The first-order valence-corrected chi connectivity index (χ1v) is 23.7. The van der Waals surface area contributed by atoms with Crippen molar-refractivity contribution in [1.29, 1.82) is 0 Å². The summed E-state index contributed by atoms with van der Waals surface area (Å²) in [5.74, 6) is -2.15. The van der Waals surface area contributed by atoms with Gasteiger partial charge in [0.05, 0.1) is 61.5 Å². The van der Waals surface area contributed by atoms with E-state index in [-0.39, 0.29) is 33.6 Å². The van der Waals surface area contributed by atoms with Crippen molar-refractivity contribution >= 4 is 66.4 Å². The van der Waals surface area contributed by atoms with Gasteiger partial charge < -0.3 is 9.80 Å². The summed E-state index contributed by atoms with van der Waals surface area (Å²) >= 11 is 0. The van der Waals surface area contributed by atoms with E-state index in [9.17, 15) is 5.48 Å². The molecule has 0 spiro atoms. The highest BCUT2D eigenvalue weighted by Gasteiger charge is 2.30. The Labute approximate surface area is 460 Å². The average Bonchev–Trinajstić information content (AvgIpc) is 0.717. The highest BCUT2D eigenvalue weighted by Crippen LogP contribution is 2.53. The molecule has 0 N–H and O–H groups in total. The van der Waals surface area contributed by atoms with Gasteiger partial charge >= 0.3 is 0 Å². The Balaban J connectivity index is 1.22. The third-order valence-corrected chi connectivity index (χ3v) is 13.5. The fraction of sp³-hybridized carbons (Fsp3) is 0.0857. The molecule has 0 bridgehead atoms. The highest BCUT2D eigenvalue weighted by molar-refractivity contribution is 6.28. The minimum Gasteiger partial charge on any atom is -0.306 e. The first kappa shape index (κ1) is 29.0. The zero-order valence-electron chi connectivity index (χ0n) is 60.9. The first-order chi connectivity index (χ1) is 44.3. The molecule has 0 saturated heterocycles. The van der Waals surface area contributed by atoms with E-state index >= 15 is 8.78 Å². The Morgan fingerprint density at radius 1 is 0.324 bits per heavy atom. The zero-order chi connectivity index (χ0) is 68.2. The second-order valence-corrected chi connectivity index (χ2v) is 18.5. The van der Waals surface area contributed by atoms with Crippen molar-refractivity contribution < 1.29 is 36.2 Å². The maximum atomic E-state index is 18.7. The maximum Gasteiger partial charge on any atom is 0.148 e. The van der Waals surface area contributed by atoms with Crippen molar-refractivity contribution in [3.05, 3.63) is 263 Å². The van der Waals surface area contributed by atoms with Crippen molar-refractivity contribution in [2.75, 3.05) is 9.80 Å². The summed E-state index contributed by atoms with van der Waals surface area (Å²) < 4.78 is 214. The van der Waals surface area contributed by atoms with Crippen LogP contribution in [-0.2, 0) is 0 Å². The third-order valence-electron chi connectivity index (χ3n) is 13.5. The molecule has 0 atom stereocenters. The van der Waals surface area contributed by atoms with Gasteiger partial charge in [-0.25, -0.2) is 8.78 Å². The van der Waals surface area contributed by atoms with Crippen LogP contribution < -0.4 is 9.80 Å². The molecule has 2 nitrogen and oxygen atoms in total. The van der Waals surface area contributed by atoms with Gasteiger partial charge in [-0.05, 0) is 155 Å². The third kappa shape index (κ3) is 7.95. The number of halogens is 2. The molecule has 0 aliphatic rings. The summed E-state index contributed by atoms with van der Waals surface area (Å²) in [6.45, 7) is 11.0. The smallest absolute Gasteiger partial charge is 0.148 e. The summed E-state index contributed by atoms with van der Waals surface area (Å²) in [6.07, 6.45) is 0. The van der Waals surface area contributed by atoms with Crippen LogP contribution in [0.3, 0.4) is 0 Å². The van der Waals surface area contributed by atoms with Crippen LogP contribution in [0.15, 0.2) is 218 Å². The van der Waals surface area contributed by atoms with Gasteiger partial charge in [-0.1, -0.05) is 193 Å². The van der Waals surface area contributed by atoms with E-state index < -0.39 is 155 Å². The Kier molecular flexibility index (Phi) is 7.30. The fourth-order valence-electron chi connectivity index (χ4n) is 10.8. The van der Waals surface area contributed by atoms with Gasteiger partial charge in [-0.2, -0.15) is 0 Å². The van der Waals surface area contributed by atoms with Gasteiger partial charge in [0.25, 0.3) is 0 Å². The highest BCUT2D eigenvalue weighted by atomic mass is 19.1. The van der Waals surface area contributed by atoms with E-state index in [0.29, 0.717) is 77.3 Å². The molecule has 0 aliphatic carbocycles. The molecular formula is C70H54F2N2. The summed E-state index contributed by atoms with van der Waals surface area (Å²) in [6, 6.07) is 12.1. The number of anilines is 6. The van der Waals surface area contributed by atoms with Gasteiger partial charge in [0.1, 0.15) is 11.6 Å². The van der Waals surface area contributed by atoms with Crippen molar-refractivity contribution in [2.24, 2.45) is 0 Å². The lowest BCUT2D eigenvalue weighted by molar-refractivity contribution is 0.629. The van der Waals surface area contributed by atoms with Crippen LogP contribution in [0.5, 0.6) is 0 Å². The molecule has 12 aromatic rings. The number of rotatable bonds is 10. The Hall–Kier alpha value is -8.86. The van der Waals surface area contributed by atoms with E-state index in [1.165, 1.54) is 12.1 Å². The van der Waals surface area contributed by atoms with E-state index in [4.69, 9.17) is 21.9 Å². The maximum absolute atomic E-state index is 18.7. The van der Waals surface area contributed by atoms with Crippen LogP contribution in [-0.4, -0.2) is 0 Å². The number of hydrogen-bond donors (Lipinski definition) is 0. The van der Waals surface area contributed by atoms with E-state index in [0.717, 1.165) is 23.3 Å². The molecule has 74 heavy (non-hydrogen) atoms. The van der Waals surface area contributed by atoms with Crippen LogP contribution in [0.1, 0.15) is 60.8 Å². The summed E-state index contributed by atoms with van der Waals surface area (Å²) in [7, 11) is 0. The second-order valence-electron chi connectivity index (χ2n) is 18.5. The SMILES string of the molecule is [2H]c1c([2H])c([2H])c(-c2cc(F)c(N(c3c(C)cc(C)cc3C)c3ccc4ccc5c(N(c6c(C)cc(C)cc6C)c6c(F)cc(-c7c([2H])c([2H])c([2H])c([2H])c7[2H])cc6-c6c([2H])c([2H])c([2H])c([2H])c6[2H])ccc6ccc3c4c65)c(-c3c([2H])c([2H])c([2H])c([2H])c3[2H])c2)c([2H])c1[2H].